The monoisotopic (exact) mass is 288 g/mol. The van der Waals surface area contributed by atoms with E-state index in [4.69, 9.17) is 0 Å². The van der Waals surface area contributed by atoms with Gasteiger partial charge < -0.3 is 5.11 Å². The van der Waals surface area contributed by atoms with Crippen molar-refractivity contribution in [2.24, 2.45) is 5.92 Å². The first-order chi connectivity index (χ1) is 9.38. The summed E-state index contributed by atoms with van der Waals surface area (Å²) < 4.78 is 37.4. The van der Waals surface area contributed by atoms with Crippen LogP contribution in [0.3, 0.4) is 0 Å². The number of rotatable bonds is 7. The summed E-state index contributed by atoms with van der Waals surface area (Å²) in [7, 11) is 0. The molecule has 1 rings (SSSR count). The zero-order chi connectivity index (χ0) is 15.2. The highest BCUT2D eigenvalue weighted by Crippen LogP contribution is 2.29. The van der Waals surface area contributed by atoms with E-state index in [2.05, 4.69) is 13.8 Å². The van der Waals surface area contributed by atoms with Gasteiger partial charge in [0, 0.05) is 0 Å². The van der Waals surface area contributed by atoms with Crippen LogP contribution in [0, 0.1) is 5.92 Å². The van der Waals surface area contributed by atoms with Gasteiger partial charge in [-0.1, -0.05) is 38.8 Å². The maximum Gasteiger partial charge on any atom is 0.416 e. The van der Waals surface area contributed by atoms with Gasteiger partial charge in [0.2, 0.25) is 0 Å². The van der Waals surface area contributed by atoms with Gasteiger partial charge in [0.15, 0.2) is 0 Å². The number of aliphatic hydroxyl groups excluding tert-OH is 1. The lowest BCUT2D eigenvalue weighted by molar-refractivity contribution is -0.137. The van der Waals surface area contributed by atoms with Crippen LogP contribution >= 0.6 is 0 Å². The highest BCUT2D eigenvalue weighted by atomic mass is 19.4. The normalized spacial score (nSPS) is 13.8. The molecule has 0 radical (unpaired) electrons. The van der Waals surface area contributed by atoms with Crippen molar-refractivity contribution in [2.75, 3.05) is 0 Å². The Bertz CT molecular complexity index is 378. The highest BCUT2D eigenvalue weighted by Gasteiger charge is 2.30. The van der Waals surface area contributed by atoms with E-state index in [1.807, 2.05) is 0 Å². The van der Waals surface area contributed by atoms with E-state index >= 15 is 0 Å². The molecule has 1 nitrogen and oxygen atoms in total. The molecule has 0 fully saturated rings. The molecule has 0 saturated carbocycles. The standard InChI is InChI=1S/C16H23F3O/c1-3-5-13(6-4-2)15(20)11-12-7-9-14(10-8-12)16(17,18)19/h7-10,13,15,20H,3-6,11H2,1-2H3. The van der Waals surface area contributed by atoms with Crippen molar-refractivity contribution in [3.63, 3.8) is 0 Å². The summed E-state index contributed by atoms with van der Waals surface area (Å²) in [6.07, 6.45) is -0.437. The highest BCUT2D eigenvalue weighted by molar-refractivity contribution is 5.25. The molecule has 1 aromatic carbocycles. The summed E-state index contributed by atoms with van der Waals surface area (Å²) in [6, 6.07) is 5.08. The molecule has 0 aliphatic rings. The summed E-state index contributed by atoms with van der Waals surface area (Å²) in [5.74, 6) is 0.229. The first-order valence-corrected chi connectivity index (χ1v) is 7.22. The van der Waals surface area contributed by atoms with E-state index in [0.29, 0.717) is 6.42 Å². The molecule has 1 unspecified atom stereocenters. The van der Waals surface area contributed by atoms with Gasteiger partial charge >= 0.3 is 6.18 Å². The maximum atomic E-state index is 12.5. The van der Waals surface area contributed by atoms with E-state index < -0.39 is 17.8 Å². The Labute approximate surface area is 118 Å². The molecule has 0 saturated heterocycles. The predicted molar refractivity (Wildman–Crippen MR) is 74.5 cm³/mol. The number of hydrogen-bond acceptors (Lipinski definition) is 1. The predicted octanol–water partition coefficient (Wildman–Crippen LogP) is 4.83. The summed E-state index contributed by atoms with van der Waals surface area (Å²) in [5, 5.41) is 10.2. The molecule has 0 aliphatic carbocycles. The van der Waals surface area contributed by atoms with Gasteiger partial charge in [0.05, 0.1) is 11.7 Å². The van der Waals surface area contributed by atoms with Crippen molar-refractivity contribution in [1.29, 1.82) is 0 Å². The van der Waals surface area contributed by atoms with Crippen LogP contribution in [0.15, 0.2) is 24.3 Å². The molecular weight excluding hydrogens is 265 g/mol. The van der Waals surface area contributed by atoms with Gasteiger partial charge in [0.1, 0.15) is 0 Å². The summed E-state index contributed by atoms with van der Waals surface area (Å²) in [6.45, 7) is 4.15. The topological polar surface area (TPSA) is 20.2 Å². The summed E-state index contributed by atoms with van der Waals surface area (Å²) in [4.78, 5) is 0. The first-order valence-electron chi connectivity index (χ1n) is 7.22. The van der Waals surface area contributed by atoms with E-state index in [-0.39, 0.29) is 5.92 Å². The SMILES string of the molecule is CCCC(CCC)C(O)Cc1ccc(C(F)(F)F)cc1. The van der Waals surface area contributed by atoms with Crippen molar-refractivity contribution < 1.29 is 18.3 Å². The van der Waals surface area contributed by atoms with Crippen LogP contribution in [0.5, 0.6) is 0 Å². The minimum absolute atomic E-state index is 0.229. The number of benzene rings is 1. The quantitative estimate of drug-likeness (QED) is 0.762. The molecule has 1 aromatic rings. The lowest BCUT2D eigenvalue weighted by atomic mass is 9.88. The number of hydrogen-bond donors (Lipinski definition) is 1. The minimum Gasteiger partial charge on any atom is -0.392 e. The summed E-state index contributed by atoms with van der Waals surface area (Å²) in [5.41, 5.74) is 0.108. The van der Waals surface area contributed by atoms with Crippen molar-refractivity contribution in [3.8, 4) is 0 Å². The van der Waals surface area contributed by atoms with Crippen LogP contribution in [0.2, 0.25) is 0 Å². The molecule has 0 spiro atoms. The second-order valence-electron chi connectivity index (χ2n) is 5.30. The molecule has 1 N–H and O–H groups in total. The Hall–Kier alpha value is -1.03. The zero-order valence-electron chi connectivity index (χ0n) is 12.1. The van der Waals surface area contributed by atoms with Crippen molar-refractivity contribution in [2.45, 2.75) is 58.2 Å². The number of halogens is 3. The molecule has 1 atom stereocenters. The number of alkyl halides is 3. The van der Waals surface area contributed by atoms with Crippen LogP contribution < -0.4 is 0 Å². The van der Waals surface area contributed by atoms with E-state index in [9.17, 15) is 18.3 Å². The van der Waals surface area contributed by atoms with Crippen molar-refractivity contribution >= 4 is 0 Å². The van der Waals surface area contributed by atoms with Gasteiger partial charge in [-0.05, 0) is 42.9 Å². The van der Waals surface area contributed by atoms with Gasteiger partial charge in [-0.25, -0.2) is 0 Å². The second kappa shape index (κ2) is 7.67. The Kier molecular flexibility index (Phi) is 6.53. The average molecular weight is 288 g/mol. The molecule has 20 heavy (non-hydrogen) atoms. The lowest BCUT2D eigenvalue weighted by Crippen LogP contribution is -2.23. The molecular formula is C16H23F3O. The largest absolute Gasteiger partial charge is 0.416 e. The third-order valence-corrected chi connectivity index (χ3v) is 3.59. The average Bonchev–Trinajstić information content (AvgIpc) is 2.38. The van der Waals surface area contributed by atoms with Gasteiger partial charge in [0.25, 0.3) is 0 Å². The van der Waals surface area contributed by atoms with Crippen LogP contribution in [0.1, 0.15) is 50.7 Å². The molecule has 0 aliphatic heterocycles. The Balaban J connectivity index is 2.67. The van der Waals surface area contributed by atoms with E-state index in [1.54, 1.807) is 0 Å². The smallest absolute Gasteiger partial charge is 0.392 e. The Morgan fingerprint density at radius 1 is 1.00 bits per heavy atom. The molecule has 0 amide bonds. The Morgan fingerprint density at radius 2 is 1.50 bits per heavy atom. The van der Waals surface area contributed by atoms with Crippen LogP contribution in [0.4, 0.5) is 13.2 Å². The van der Waals surface area contributed by atoms with Crippen molar-refractivity contribution in [1.82, 2.24) is 0 Å². The first kappa shape index (κ1) is 17.0. The number of aliphatic hydroxyl groups is 1. The lowest BCUT2D eigenvalue weighted by Gasteiger charge is -2.22. The molecule has 0 bridgehead atoms. The molecule has 114 valence electrons. The minimum atomic E-state index is -4.30. The second-order valence-corrected chi connectivity index (χ2v) is 5.30. The fourth-order valence-corrected chi connectivity index (χ4v) is 2.51. The third kappa shape index (κ3) is 5.16. The summed E-state index contributed by atoms with van der Waals surface area (Å²) >= 11 is 0. The molecule has 0 aromatic heterocycles. The van der Waals surface area contributed by atoms with E-state index in [0.717, 1.165) is 43.4 Å². The van der Waals surface area contributed by atoms with Gasteiger partial charge in [-0.3, -0.25) is 0 Å². The van der Waals surface area contributed by atoms with Crippen molar-refractivity contribution in [3.05, 3.63) is 35.4 Å². The van der Waals surface area contributed by atoms with Crippen LogP contribution in [-0.2, 0) is 12.6 Å². The van der Waals surface area contributed by atoms with Crippen LogP contribution in [0.25, 0.3) is 0 Å². The zero-order valence-corrected chi connectivity index (χ0v) is 12.1. The fourth-order valence-electron chi connectivity index (χ4n) is 2.51. The van der Waals surface area contributed by atoms with Gasteiger partial charge in [-0.2, -0.15) is 13.2 Å². The Morgan fingerprint density at radius 3 is 1.90 bits per heavy atom. The molecule has 4 heteroatoms. The van der Waals surface area contributed by atoms with Gasteiger partial charge in [-0.15, -0.1) is 0 Å². The third-order valence-electron chi connectivity index (χ3n) is 3.59. The molecule has 0 heterocycles. The van der Waals surface area contributed by atoms with Crippen LogP contribution in [-0.4, -0.2) is 11.2 Å². The fraction of sp³-hybridized carbons (Fsp3) is 0.625. The maximum absolute atomic E-state index is 12.5. The van der Waals surface area contributed by atoms with E-state index in [1.165, 1.54) is 12.1 Å².